The fourth-order valence-corrected chi connectivity index (χ4v) is 2.89. The molecule has 0 aliphatic heterocycles. The summed E-state index contributed by atoms with van der Waals surface area (Å²) in [6.45, 7) is 7.84. The highest BCUT2D eigenvalue weighted by Gasteiger charge is 2.17. The Morgan fingerprint density at radius 3 is 2.34 bits per heavy atom. The first-order valence-corrected chi connectivity index (χ1v) is 9.36. The molecule has 5 nitrogen and oxygen atoms in total. The van der Waals surface area contributed by atoms with Crippen molar-refractivity contribution in [2.45, 2.75) is 27.7 Å². The highest BCUT2D eigenvalue weighted by molar-refractivity contribution is 6.10. The first kappa shape index (κ1) is 20.1. The molecule has 148 valence electrons. The van der Waals surface area contributed by atoms with Gasteiger partial charge in [0, 0.05) is 17.3 Å². The van der Waals surface area contributed by atoms with Crippen LogP contribution in [-0.2, 0) is 4.79 Å². The summed E-state index contributed by atoms with van der Waals surface area (Å²) in [7, 11) is 0. The minimum atomic E-state index is -0.425. The van der Waals surface area contributed by atoms with Gasteiger partial charge in [0.15, 0.2) is 0 Å². The van der Waals surface area contributed by atoms with Gasteiger partial charge in [-0.3, -0.25) is 9.59 Å². The molecule has 0 aliphatic rings. The largest absolute Gasteiger partial charge is 0.465 e. The van der Waals surface area contributed by atoms with Gasteiger partial charge < -0.3 is 15.1 Å². The third kappa shape index (κ3) is 5.02. The molecule has 3 rings (SSSR count). The van der Waals surface area contributed by atoms with E-state index in [1.807, 2.05) is 52.0 Å². The van der Waals surface area contributed by atoms with Crippen molar-refractivity contribution in [2.24, 2.45) is 0 Å². The lowest BCUT2D eigenvalue weighted by Crippen LogP contribution is -2.31. The summed E-state index contributed by atoms with van der Waals surface area (Å²) in [4.78, 5) is 25.7. The summed E-state index contributed by atoms with van der Waals surface area (Å²) in [6, 6.07) is 14.6. The summed E-state index contributed by atoms with van der Waals surface area (Å²) in [5, 5.41) is 5.58. The molecule has 3 aromatic rings. The summed E-state index contributed by atoms with van der Waals surface area (Å²) in [6.07, 6.45) is 3.02. The van der Waals surface area contributed by atoms with E-state index in [1.54, 1.807) is 24.3 Å². The fraction of sp³-hybridized carbons (Fsp3) is 0.167. The quantitative estimate of drug-likeness (QED) is 0.609. The molecule has 0 saturated heterocycles. The van der Waals surface area contributed by atoms with Crippen LogP contribution in [-0.4, -0.2) is 11.8 Å². The van der Waals surface area contributed by atoms with Crippen LogP contribution < -0.4 is 10.6 Å². The zero-order valence-electron chi connectivity index (χ0n) is 17.0. The molecule has 0 aliphatic carbocycles. The van der Waals surface area contributed by atoms with Crippen LogP contribution in [0.2, 0.25) is 0 Å². The number of anilines is 1. The molecule has 2 N–H and O–H groups in total. The summed E-state index contributed by atoms with van der Waals surface area (Å²) >= 11 is 0. The highest BCUT2D eigenvalue weighted by atomic mass is 16.3. The number of nitrogens with one attached hydrogen (secondary N) is 2. The Balaban J connectivity index is 1.87. The molecule has 1 heterocycles. The van der Waals surface area contributed by atoms with Crippen molar-refractivity contribution in [3.8, 4) is 0 Å². The average molecular weight is 388 g/mol. The number of carbonyl (C=O) groups excluding carboxylic acids is 2. The van der Waals surface area contributed by atoms with Gasteiger partial charge in [0.1, 0.15) is 11.5 Å². The molecule has 0 saturated carbocycles. The maximum atomic E-state index is 12.9. The lowest BCUT2D eigenvalue weighted by atomic mass is 10.1. The maximum absolute atomic E-state index is 12.9. The van der Waals surface area contributed by atoms with Crippen molar-refractivity contribution in [3.63, 3.8) is 0 Å². The highest BCUT2D eigenvalue weighted by Crippen LogP contribution is 2.18. The number of amides is 2. The van der Waals surface area contributed by atoms with Crippen molar-refractivity contribution in [3.05, 3.63) is 94.1 Å². The van der Waals surface area contributed by atoms with Crippen molar-refractivity contribution in [2.75, 3.05) is 5.32 Å². The van der Waals surface area contributed by atoms with Crippen LogP contribution in [0.1, 0.15) is 38.4 Å². The Kier molecular flexibility index (Phi) is 5.98. The number of hydrogen-bond acceptors (Lipinski definition) is 3. The zero-order chi connectivity index (χ0) is 21.0. The number of carbonyl (C=O) groups is 2. The van der Waals surface area contributed by atoms with E-state index in [4.69, 9.17) is 4.42 Å². The Morgan fingerprint density at radius 1 is 0.897 bits per heavy atom. The van der Waals surface area contributed by atoms with Crippen molar-refractivity contribution in [1.29, 1.82) is 0 Å². The van der Waals surface area contributed by atoms with Gasteiger partial charge in [-0.25, -0.2) is 0 Å². The second-order valence-corrected chi connectivity index (χ2v) is 7.10. The Hall–Kier alpha value is -3.60. The van der Waals surface area contributed by atoms with Crippen LogP contribution in [0.4, 0.5) is 5.69 Å². The molecule has 1 aromatic heterocycles. The lowest BCUT2D eigenvalue weighted by Gasteiger charge is -2.13. The molecule has 5 heteroatoms. The Bertz CT molecular complexity index is 1080. The number of aryl methyl sites for hydroxylation is 4. The van der Waals surface area contributed by atoms with Gasteiger partial charge in [-0.15, -0.1) is 0 Å². The first-order chi connectivity index (χ1) is 13.8. The Labute approximate surface area is 170 Å². The molecule has 0 atom stereocenters. The van der Waals surface area contributed by atoms with E-state index < -0.39 is 5.91 Å². The maximum Gasteiger partial charge on any atom is 0.272 e. The molecule has 2 amide bonds. The second-order valence-electron chi connectivity index (χ2n) is 7.10. The van der Waals surface area contributed by atoms with E-state index in [1.165, 1.54) is 12.3 Å². The molecule has 0 fully saturated rings. The van der Waals surface area contributed by atoms with E-state index >= 15 is 0 Å². The number of furan rings is 1. The average Bonchev–Trinajstić information content (AvgIpc) is 3.18. The summed E-state index contributed by atoms with van der Waals surface area (Å²) in [5.41, 5.74) is 5.42. The summed E-state index contributed by atoms with van der Waals surface area (Å²) < 4.78 is 5.32. The van der Waals surface area contributed by atoms with Gasteiger partial charge in [0.2, 0.25) is 0 Å². The predicted octanol–water partition coefficient (Wildman–Crippen LogP) is 4.92. The minimum absolute atomic E-state index is 0.100. The van der Waals surface area contributed by atoms with Gasteiger partial charge >= 0.3 is 0 Å². The Morgan fingerprint density at radius 2 is 1.69 bits per heavy atom. The van der Waals surface area contributed by atoms with Gasteiger partial charge in [-0.05, 0) is 74.7 Å². The minimum Gasteiger partial charge on any atom is -0.465 e. The van der Waals surface area contributed by atoms with Crippen LogP contribution in [0, 0.1) is 27.7 Å². The van der Waals surface area contributed by atoms with E-state index in [-0.39, 0.29) is 11.6 Å². The molecule has 0 unspecified atom stereocenters. The van der Waals surface area contributed by atoms with Gasteiger partial charge in [0.25, 0.3) is 11.8 Å². The van der Waals surface area contributed by atoms with Gasteiger partial charge in [-0.2, -0.15) is 0 Å². The molecule has 2 aromatic carbocycles. The van der Waals surface area contributed by atoms with Crippen LogP contribution in [0.15, 0.2) is 64.9 Å². The molecule has 0 bridgehead atoms. The van der Waals surface area contributed by atoms with Gasteiger partial charge in [-0.1, -0.05) is 23.8 Å². The smallest absolute Gasteiger partial charge is 0.272 e. The molecule has 0 radical (unpaired) electrons. The van der Waals surface area contributed by atoms with E-state index in [9.17, 15) is 9.59 Å². The monoisotopic (exact) mass is 388 g/mol. The normalized spacial score (nSPS) is 11.2. The lowest BCUT2D eigenvalue weighted by molar-refractivity contribution is -0.113. The fourth-order valence-electron chi connectivity index (χ4n) is 2.89. The standard InChI is InChI=1S/C24H24N2O3/c1-15-7-10-21(18(4)12-15)25-24(28)22(14-20-6-5-11-29-20)26-23(27)19-9-8-16(2)17(3)13-19/h5-14H,1-4H3,(H,25,28)(H,26,27)/b22-14-. The van der Waals surface area contributed by atoms with Gasteiger partial charge in [0.05, 0.1) is 6.26 Å². The van der Waals surface area contributed by atoms with Crippen molar-refractivity contribution in [1.82, 2.24) is 5.32 Å². The van der Waals surface area contributed by atoms with E-state index in [0.29, 0.717) is 17.0 Å². The van der Waals surface area contributed by atoms with Crippen molar-refractivity contribution >= 4 is 23.6 Å². The first-order valence-electron chi connectivity index (χ1n) is 9.36. The van der Waals surface area contributed by atoms with Crippen LogP contribution in [0.25, 0.3) is 6.08 Å². The summed E-state index contributed by atoms with van der Waals surface area (Å²) in [5.74, 6) is -0.316. The SMILES string of the molecule is Cc1ccc(NC(=O)/C(=C/c2ccco2)NC(=O)c2ccc(C)c(C)c2)c(C)c1. The predicted molar refractivity (Wildman–Crippen MR) is 115 cm³/mol. The second kappa shape index (κ2) is 8.61. The third-order valence-electron chi connectivity index (χ3n) is 4.72. The van der Waals surface area contributed by atoms with E-state index in [0.717, 1.165) is 22.3 Å². The molecule has 29 heavy (non-hydrogen) atoms. The number of benzene rings is 2. The van der Waals surface area contributed by atoms with Crippen molar-refractivity contribution < 1.29 is 14.0 Å². The van der Waals surface area contributed by atoms with Crippen LogP contribution in [0.3, 0.4) is 0 Å². The van der Waals surface area contributed by atoms with Crippen LogP contribution >= 0.6 is 0 Å². The third-order valence-corrected chi connectivity index (χ3v) is 4.72. The number of hydrogen-bond donors (Lipinski definition) is 2. The zero-order valence-corrected chi connectivity index (χ0v) is 17.0. The molecular formula is C24H24N2O3. The molecule has 0 spiro atoms. The van der Waals surface area contributed by atoms with E-state index in [2.05, 4.69) is 10.6 Å². The molecular weight excluding hydrogens is 364 g/mol. The topological polar surface area (TPSA) is 71.3 Å². The number of rotatable bonds is 5. The van der Waals surface area contributed by atoms with Crippen LogP contribution in [0.5, 0.6) is 0 Å².